The van der Waals surface area contributed by atoms with Crippen molar-refractivity contribution in [1.82, 2.24) is 20.4 Å². The minimum absolute atomic E-state index is 0.267. The molecule has 1 saturated heterocycles. The third-order valence-corrected chi connectivity index (χ3v) is 4.44. The lowest BCUT2D eigenvalue weighted by molar-refractivity contribution is 0.0256. The Hall–Kier alpha value is -1.76. The Labute approximate surface area is 171 Å². The van der Waals surface area contributed by atoms with Gasteiger partial charge < -0.3 is 20.3 Å². The zero-order valence-corrected chi connectivity index (χ0v) is 18.6. The number of hydrogen-bond acceptors (Lipinski definition) is 4. The van der Waals surface area contributed by atoms with Crippen LogP contribution >= 0.6 is 0 Å². The number of hydrogen-bond donors (Lipinski definition) is 2. The van der Waals surface area contributed by atoms with Crippen LogP contribution in [-0.4, -0.2) is 79.3 Å². The van der Waals surface area contributed by atoms with E-state index in [2.05, 4.69) is 41.0 Å². The second-order valence-electron chi connectivity index (χ2n) is 8.24. The normalized spacial score (nSPS) is 16.5. The molecule has 0 radical (unpaired) electrons. The van der Waals surface area contributed by atoms with Gasteiger partial charge in [-0.05, 0) is 47.0 Å². The van der Waals surface area contributed by atoms with Gasteiger partial charge in [0.1, 0.15) is 5.60 Å². The monoisotopic (exact) mass is 395 g/mol. The molecule has 1 amide bonds. The van der Waals surface area contributed by atoms with Crippen LogP contribution in [0.5, 0.6) is 0 Å². The molecule has 7 nitrogen and oxygen atoms in total. The van der Waals surface area contributed by atoms with Crippen molar-refractivity contribution in [1.29, 1.82) is 0 Å². The Kier molecular flexibility index (Phi) is 11.0. The lowest BCUT2D eigenvalue weighted by atomic mass is 10.1. The Morgan fingerprint density at radius 2 is 1.96 bits per heavy atom. The molecule has 0 aromatic carbocycles. The largest absolute Gasteiger partial charge is 0.444 e. The molecule has 1 aliphatic rings. The maximum Gasteiger partial charge on any atom is 0.410 e. The third kappa shape index (κ3) is 9.97. The van der Waals surface area contributed by atoms with Gasteiger partial charge >= 0.3 is 6.09 Å². The molecule has 0 aliphatic carbocycles. The number of rotatable bonds is 9. The number of nitrogens with zero attached hydrogens (tertiary/aromatic N) is 3. The number of carbonyl (C=O) groups is 1. The lowest BCUT2D eigenvalue weighted by Gasteiger charge is -2.32. The first kappa shape index (κ1) is 24.3. The topological polar surface area (TPSA) is 69.2 Å². The van der Waals surface area contributed by atoms with Crippen molar-refractivity contribution < 1.29 is 9.53 Å². The number of aliphatic imine (C=N–C) groups is 1. The molecule has 1 rings (SSSR count). The van der Waals surface area contributed by atoms with E-state index in [0.717, 1.165) is 51.4 Å². The van der Waals surface area contributed by atoms with E-state index in [0.29, 0.717) is 25.7 Å². The first-order chi connectivity index (χ1) is 13.3. The summed E-state index contributed by atoms with van der Waals surface area (Å²) in [7, 11) is 0. The number of likely N-dealkylation sites (tertiary alicyclic amines) is 1. The summed E-state index contributed by atoms with van der Waals surface area (Å²) in [5.41, 5.74) is -0.483. The highest BCUT2D eigenvalue weighted by Crippen LogP contribution is 2.11. The first-order valence-electron chi connectivity index (χ1n) is 10.6. The van der Waals surface area contributed by atoms with Crippen molar-refractivity contribution in [2.45, 2.75) is 65.5 Å². The van der Waals surface area contributed by atoms with Gasteiger partial charge in [0.05, 0.1) is 6.54 Å². The lowest BCUT2D eigenvalue weighted by Crippen LogP contribution is -2.49. The Morgan fingerprint density at radius 1 is 1.29 bits per heavy atom. The van der Waals surface area contributed by atoms with Gasteiger partial charge in [-0.15, -0.1) is 6.58 Å². The summed E-state index contributed by atoms with van der Waals surface area (Å²) >= 11 is 0. The highest BCUT2D eigenvalue weighted by Gasteiger charge is 2.22. The summed E-state index contributed by atoms with van der Waals surface area (Å²) in [5.74, 6) is 0.824. The van der Waals surface area contributed by atoms with Crippen LogP contribution in [0.25, 0.3) is 0 Å². The third-order valence-electron chi connectivity index (χ3n) is 4.44. The molecule has 0 spiro atoms. The maximum atomic E-state index is 12.4. The molecule has 1 fully saturated rings. The zero-order chi connectivity index (χ0) is 21.0. The minimum atomic E-state index is -0.483. The second kappa shape index (κ2) is 12.6. The Bertz CT molecular complexity index is 494. The molecule has 7 heteroatoms. The van der Waals surface area contributed by atoms with Crippen molar-refractivity contribution in [2.24, 2.45) is 4.99 Å². The quantitative estimate of drug-likeness (QED) is 0.357. The number of carbonyl (C=O) groups excluding carboxylic acids is 1. The predicted molar refractivity (Wildman–Crippen MR) is 117 cm³/mol. The molecule has 28 heavy (non-hydrogen) atoms. The van der Waals surface area contributed by atoms with Gasteiger partial charge in [0.25, 0.3) is 0 Å². The highest BCUT2D eigenvalue weighted by molar-refractivity contribution is 5.80. The average molecular weight is 396 g/mol. The van der Waals surface area contributed by atoms with Gasteiger partial charge in [-0.2, -0.15) is 0 Å². The van der Waals surface area contributed by atoms with E-state index in [9.17, 15) is 4.79 Å². The van der Waals surface area contributed by atoms with Gasteiger partial charge in [0.15, 0.2) is 5.96 Å². The molecule has 1 aliphatic heterocycles. The number of piperidine rings is 1. The van der Waals surface area contributed by atoms with E-state index in [-0.39, 0.29) is 6.09 Å². The molecule has 1 heterocycles. The van der Waals surface area contributed by atoms with Crippen LogP contribution < -0.4 is 10.6 Å². The maximum absolute atomic E-state index is 12.4. The molecule has 0 atom stereocenters. The van der Waals surface area contributed by atoms with Gasteiger partial charge in [-0.25, -0.2) is 4.79 Å². The zero-order valence-electron chi connectivity index (χ0n) is 18.6. The number of guanidine groups is 1. The fourth-order valence-corrected chi connectivity index (χ4v) is 3.13. The molecular formula is C21H41N5O2. The highest BCUT2D eigenvalue weighted by atomic mass is 16.6. The molecule has 0 saturated carbocycles. The SMILES string of the molecule is C=CCN1CCC(NC(=NCCN(CCC)C(=O)OC(C)(C)C)NCC)CC1. The molecular weight excluding hydrogens is 354 g/mol. The Balaban J connectivity index is 2.55. The molecule has 0 aromatic rings. The predicted octanol–water partition coefficient (Wildman–Crippen LogP) is 2.84. The van der Waals surface area contributed by atoms with Crippen molar-refractivity contribution in [2.75, 3.05) is 45.8 Å². The van der Waals surface area contributed by atoms with E-state index in [4.69, 9.17) is 4.74 Å². The van der Waals surface area contributed by atoms with E-state index in [1.54, 1.807) is 4.90 Å². The van der Waals surface area contributed by atoms with Gasteiger partial charge in [-0.1, -0.05) is 13.0 Å². The first-order valence-corrected chi connectivity index (χ1v) is 10.6. The van der Waals surface area contributed by atoms with E-state index in [1.807, 2.05) is 26.8 Å². The summed E-state index contributed by atoms with van der Waals surface area (Å²) in [6, 6.07) is 0.427. The second-order valence-corrected chi connectivity index (χ2v) is 8.24. The molecule has 162 valence electrons. The van der Waals surface area contributed by atoms with Crippen molar-refractivity contribution in [3.05, 3.63) is 12.7 Å². The summed E-state index contributed by atoms with van der Waals surface area (Å²) < 4.78 is 5.50. The van der Waals surface area contributed by atoms with Crippen LogP contribution in [0.2, 0.25) is 0 Å². The van der Waals surface area contributed by atoms with Crippen LogP contribution in [-0.2, 0) is 4.74 Å². The number of nitrogens with one attached hydrogen (secondary N) is 2. The minimum Gasteiger partial charge on any atom is -0.444 e. The summed E-state index contributed by atoms with van der Waals surface area (Å²) in [5, 5.41) is 6.86. The summed E-state index contributed by atoms with van der Waals surface area (Å²) in [6.45, 7) is 19.3. The number of ether oxygens (including phenoxy) is 1. The van der Waals surface area contributed by atoms with Crippen LogP contribution in [0.3, 0.4) is 0 Å². The smallest absolute Gasteiger partial charge is 0.410 e. The van der Waals surface area contributed by atoms with E-state index >= 15 is 0 Å². The molecule has 0 aromatic heterocycles. The molecule has 0 bridgehead atoms. The number of amides is 1. The Morgan fingerprint density at radius 3 is 2.50 bits per heavy atom. The summed E-state index contributed by atoms with van der Waals surface area (Å²) in [6.07, 6.45) is 4.78. The fourth-order valence-electron chi connectivity index (χ4n) is 3.13. The van der Waals surface area contributed by atoms with Crippen molar-refractivity contribution in [3.8, 4) is 0 Å². The van der Waals surface area contributed by atoms with E-state index in [1.165, 1.54) is 0 Å². The van der Waals surface area contributed by atoms with Crippen LogP contribution in [0.15, 0.2) is 17.6 Å². The fraction of sp³-hybridized carbons (Fsp3) is 0.810. The van der Waals surface area contributed by atoms with Gasteiger partial charge in [-0.3, -0.25) is 9.89 Å². The van der Waals surface area contributed by atoms with Gasteiger partial charge in [0.2, 0.25) is 0 Å². The molecule has 2 N–H and O–H groups in total. The molecule has 0 unspecified atom stereocenters. The summed E-state index contributed by atoms with van der Waals surface area (Å²) in [4.78, 5) is 21.2. The average Bonchev–Trinajstić information content (AvgIpc) is 2.61. The van der Waals surface area contributed by atoms with Crippen LogP contribution in [0.1, 0.15) is 53.9 Å². The van der Waals surface area contributed by atoms with Crippen LogP contribution in [0.4, 0.5) is 4.79 Å². The van der Waals surface area contributed by atoms with Crippen molar-refractivity contribution in [3.63, 3.8) is 0 Å². The standard InChI is InChI=1S/C21H41N5O2/c1-7-13-25-15-10-18(11-16-25)24-19(22-9-3)23-12-17-26(14-8-2)20(27)28-21(4,5)6/h7,18H,1,8-17H2,2-6H3,(H2,22,23,24). The van der Waals surface area contributed by atoms with Crippen LogP contribution in [0, 0.1) is 0 Å². The van der Waals surface area contributed by atoms with Crippen molar-refractivity contribution >= 4 is 12.1 Å². The van der Waals surface area contributed by atoms with Gasteiger partial charge in [0, 0.05) is 45.3 Å². The van der Waals surface area contributed by atoms with E-state index < -0.39 is 5.60 Å².